The molecule has 2 aromatic heterocycles. The van der Waals surface area contributed by atoms with Gasteiger partial charge in [-0.1, -0.05) is 5.92 Å². The smallest absolute Gasteiger partial charge is 0.407 e. The van der Waals surface area contributed by atoms with Gasteiger partial charge in [-0.05, 0) is 34.6 Å². The number of nitrogens with one attached hydrogen (secondary N) is 3. The lowest BCUT2D eigenvalue weighted by Gasteiger charge is -2.22. The highest BCUT2D eigenvalue weighted by Crippen LogP contribution is 2.15. The second kappa shape index (κ2) is 8.21. The topological polar surface area (TPSA) is 123 Å². The molecule has 0 aromatic carbocycles. The Kier molecular flexibility index (Phi) is 6.18. The van der Waals surface area contributed by atoms with Crippen LogP contribution in [0.15, 0.2) is 9.59 Å². The first-order valence-electron chi connectivity index (χ1n) is 8.86. The van der Waals surface area contributed by atoms with E-state index in [0.717, 1.165) is 0 Å². The summed E-state index contributed by atoms with van der Waals surface area (Å²) in [6.45, 7) is 9.41. The molecule has 0 radical (unpaired) electrons. The number of carbonyl (C=O) groups is 1. The number of aromatic nitrogens is 4. The van der Waals surface area contributed by atoms with E-state index in [1.807, 2.05) is 0 Å². The Bertz CT molecular complexity index is 1040. The number of rotatable bonds is 5. The number of amides is 1. The maximum Gasteiger partial charge on any atom is 0.407 e. The second-order valence-corrected chi connectivity index (χ2v) is 7.37. The number of aryl methyl sites for hydroxylation is 1. The van der Waals surface area contributed by atoms with Gasteiger partial charge in [0.2, 0.25) is 5.95 Å². The van der Waals surface area contributed by atoms with E-state index in [2.05, 4.69) is 32.4 Å². The number of fused-ring (bicyclic) bond motifs is 1. The summed E-state index contributed by atoms with van der Waals surface area (Å²) < 4.78 is 8.10. The molecule has 0 aliphatic heterocycles. The van der Waals surface area contributed by atoms with Crippen LogP contribution in [-0.4, -0.2) is 43.4 Å². The SMILES string of the molecule is CC#CCn1c(NC[C@H](C)NC(=O)OC(C)(C)C)nc2c1c(=O)[nH]c(=O)n2C. The number of anilines is 1. The molecule has 1 amide bonds. The summed E-state index contributed by atoms with van der Waals surface area (Å²) in [7, 11) is 1.53. The third kappa shape index (κ3) is 4.94. The Morgan fingerprint density at radius 2 is 2.04 bits per heavy atom. The number of nitrogens with zero attached hydrogens (tertiary/aromatic N) is 3. The normalized spacial score (nSPS) is 12.2. The third-order valence-corrected chi connectivity index (χ3v) is 3.75. The summed E-state index contributed by atoms with van der Waals surface area (Å²) in [5.74, 6) is 6.05. The molecule has 10 heteroatoms. The molecule has 2 heterocycles. The molecular formula is C18H26N6O4. The number of imidazole rings is 1. The van der Waals surface area contributed by atoms with Crippen molar-refractivity contribution < 1.29 is 9.53 Å². The van der Waals surface area contributed by atoms with Crippen molar-refractivity contribution in [1.29, 1.82) is 0 Å². The molecule has 0 fully saturated rings. The van der Waals surface area contributed by atoms with Gasteiger partial charge in [0.25, 0.3) is 5.56 Å². The van der Waals surface area contributed by atoms with E-state index in [9.17, 15) is 14.4 Å². The van der Waals surface area contributed by atoms with Crippen molar-refractivity contribution in [2.24, 2.45) is 7.05 Å². The van der Waals surface area contributed by atoms with Crippen molar-refractivity contribution in [3.8, 4) is 11.8 Å². The quantitative estimate of drug-likeness (QED) is 0.648. The third-order valence-electron chi connectivity index (χ3n) is 3.75. The molecule has 2 aromatic rings. The minimum Gasteiger partial charge on any atom is -0.444 e. The Hall–Kier alpha value is -3.22. The Labute approximate surface area is 162 Å². The largest absolute Gasteiger partial charge is 0.444 e. The van der Waals surface area contributed by atoms with Gasteiger partial charge in [0.15, 0.2) is 11.2 Å². The van der Waals surface area contributed by atoms with Gasteiger partial charge in [-0.3, -0.25) is 18.9 Å². The number of hydrogen-bond acceptors (Lipinski definition) is 6. The molecule has 0 saturated carbocycles. The maximum atomic E-state index is 12.3. The van der Waals surface area contributed by atoms with Gasteiger partial charge in [0.05, 0.1) is 6.54 Å². The van der Waals surface area contributed by atoms with Gasteiger partial charge < -0.3 is 15.4 Å². The number of alkyl carbamates (subject to hydrolysis) is 1. The number of H-pyrrole nitrogens is 1. The predicted octanol–water partition coefficient (Wildman–Crippen LogP) is 0.772. The summed E-state index contributed by atoms with van der Waals surface area (Å²) >= 11 is 0. The van der Waals surface area contributed by atoms with Gasteiger partial charge in [-0.25, -0.2) is 9.59 Å². The Morgan fingerprint density at radius 1 is 1.36 bits per heavy atom. The van der Waals surface area contributed by atoms with E-state index in [1.54, 1.807) is 39.2 Å². The first kappa shape index (κ1) is 21.1. The summed E-state index contributed by atoms with van der Waals surface area (Å²) in [5, 5.41) is 5.82. The molecule has 28 heavy (non-hydrogen) atoms. The summed E-state index contributed by atoms with van der Waals surface area (Å²) in [6.07, 6.45) is -0.522. The van der Waals surface area contributed by atoms with Crippen LogP contribution in [0.1, 0.15) is 34.6 Å². The van der Waals surface area contributed by atoms with Gasteiger partial charge in [0, 0.05) is 19.6 Å². The molecule has 2 rings (SSSR count). The van der Waals surface area contributed by atoms with Crippen LogP contribution in [0, 0.1) is 11.8 Å². The fourth-order valence-electron chi connectivity index (χ4n) is 2.49. The van der Waals surface area contributed by atoms with Crippen LogP contribution in [-0.2, 0) is 18.3 Å². The molecule has 10 nitrogen and oxygen atoms in total. The second-order valence-electron chi connectivity index (χ2n) is 7.37. The van der Waals surface area contributed by atoms with E-state index >= 15 is 0 Å². The zero-order valence-electron chi connectivity index (χ0n) is 17.0. The van der Waals surface area contributed by atoms with E-state index in [1.165, 1.54) is 11.6 Å². The highest BCUT2D eigenvalue weighted by molar-refractivity contribution is 5.74. The molecule has 1 atom stereocenters. The molecule has 0 unspecified atom stereocenters. The number of aromatic amines is 1. The standard InChI is InChI=1S/C18H26N6O4/c1-7-8-9-24-12-13(23(6)16(26)22-14(12)25)21-15(24)19-10-11(2)20-17(27)28-18(3,4)5/h11H,9-10H2,1-6H3,(H,19,21)(H,20,27)(H,22,25,26)/t11-/m0/s1. The predicted molar refractivity (Wildman–Crippen MR) is 106 cm³/mol. The van der Waals surface area contributed by atoms with Gasteiger partial charge in [0.1, 0.15) is 5.60 Å². The van der Waals surface area contributed by atoms with E-state index in [4.69, 9.17) is 4.74 Å². The monoisotopic (exact) mass is 390 g/mol. The molecule has 0 bridgehead atoms. The average molecular weight is 390 g/mol. The highest BCUT2D eigenvalue weighted by Gasteiger charge is 2.19. The summed E-state index contributed by atoms with van der Waals surface area (Å²) in [6, 6.07) is -0.275. The van der Waals surface area contributed by atoms with Gasteiger partial charge >= 0.3 is 11.8 Å². The molecule has 3 N–H and O–H groups in total. The molecule has 0 aliphatic carbocycles. The molecule has 0 aliphatic rings. The zero-order valence-corrected chi connectivity index (χ0v) is 17.0. The van der Waals surface area contributed by atoms with E-state index in [0.29, 0.717) is 12.5 Å². The van der Waals surface area contributed by atoms with Crippen LogP contribution in [0.25, 0.3) is 11.2 Å². The van der Waals surface area contributed by atoms with Gasteiger partial charge in [-0.2, -0.15) is 4.98 Å². The Balaban J connectivity index is 2.26. The van der Waals surface area contributed by atoms with E-state index < -0.39 is 22.9 Å². The molecule has 0 spiro atoms. The van der Waals surface area contributed by atoms with Crippen molar-refractivity contribution in [3.05, 3.63) is 20.8 Å². The van der Waals surface area contributed by atoms with E-state index in [-0.39, 0.29) is 23.8 Å². The lowest BCUT2D eigenvalue weighted by atomic mass is 10.2. The lowest BCUT2D eigenvalue weighted by Crippen LogP contribution is -2.41. The van der Waals surface area contributed by atoms with Crippen LogP contribution in [0.4, 0.5) is 10.7 Å². The molecule has 0 saturated heterocycles. The lowest BCUT2D eigenvalue weighted by molar-refractivity contribution is 0.0511. The first-order valence-corrected chi connectivity index (χ1v) is 8.86. The number of ether oxygens (including phenoxy) is 1. The van der Waals surface area contributed by atoms with Crippen LogP contribution in [0.2, 0.25) is 0 Å². The number of carbonyl (C=O) groups excluding carboxylic acids is 1. The summed E-state index contributed by atoms with van der Waals surface area (Å²) in [4.78, 5) is 42.6. The van der Waals surface area contributed by atoms with Crippen molar-refractivity contribution in [1.82, 2.24) is 24.4 Å². The maximum absolute atomic E-state index is 12.3. The fraction of sp³-hybridized carbons (Fsp3) is 0.556. The van der Waals surface area contributed by atoms with Crippen LogP contribution >= 0.6 is 0 Å². The fourth-order valence-corrected chi connectivity index (χ4v) is 2.49. The first-order chi connectivity index (χ1) is 13.0. The van der Waals surface area contributed by atoms with Crippen molar-refractivity contribution in [2.45, 2.75) is 52.8 Å². The molecular weight excluding hydrogens is 364 g/mol. The van der Waals surface area contributed by atoms with Crippen LogP contribution in [0.5, 0.6) is 0 Å². The summed E-state index contributed by atoms with van der Waals surface area (Å²) in [5.41, 5.74) is -1.16. The van der Waals surface area contributed by atoms with Crippen LogP contribution in [0.3, 0.4) is 0 Å². The van der Waals surface area contributed by atoms with Crippen LogP contribution < -0.4 is 21.9 Å². The van der Waals surface area contributed by atoms with Gasteiger partial charge in [-0.15, -0.1) is 5.92 Å². The zero-order chi connectivity index (χ0) is 21.1. The minimum absolute atomic E-state index is 0.227. The minimum atomic E-state index is -0.587. The number of hydrogen-bond donors (Lipinski definition) is 3. The van der Waals surface area contributed by atoms with Crippen molar-refractivity contribution in [2.75, 3.05) is 11.9 Å². The van der Waals surface area contributed by atoms with Crippen molar-refractivity contribution in [3.63, 3.8) is 0 Å². The Morgan fingerprint density at radius 3 is 2.64 bits per heavy atom. The average Bonchev–Trinajstić information content (AvgIpc) is 2.93. The molecule has 152 valence electrons. The highest BCUT2D eigenvalue weighted by atomic mass is 16.6. The van der Waals surface area contributed by atoms with Crippen molar-refractivity contribution >= 4 is 23.2 Å².